The van der Waals surface area contributed by atoms with Crippen LogP contribution in [0.25, 0.3) is 0 Å². The highest BCUT2D eigenvalue weighted by Crippen LogP contribution is 2.17. The zero-order chi connectivity index (χ0) is 17.5. The highest BCUT2D eigenvalue weighted by Gasteiger charge is 2.14. The van der Waals surface area contributed by atoms with E-state index < -0.39 is 24.3 Å². The molecule has 0 aromatic heterocycles. The van der Waals surface area contributed by atoms with Gasteiger partial charge < -0.3 is 20.5 Å². The van der Waals surface area contributed by atoms with Crippen LogP contribution in [0, 0.1) is 0 Å². The van der Waals surface area contributed by atoms with Crippen molar-refractivity contribution in [2.75, 3.05) is 19.0 Å². The molecule has 2 aromatic carbocycles. The average Bonchev–Trinajstić information content (AvgIpc) is 2.60. The number of hydrogen-bond acceptors (Lipinski definition) is 4. The van der Waals surface area contributed by atoms with E-state index >= 15 is 0 Å². The number of aliphatic carboxylic acids is 1. The van der Waals surface area contributed by atoms with Crippen molar-refractivity contribution < 1.29 is 24.2 Å². The first-order chi connectivity index (χ1) is 11.5. The van der Waals surface area contributed by atoms with E-state index in [9.17, 15) is 14.4 Å². The van der Waals surface area contributed by atoms with Crippen molar-refractivity contribution in [2.45, 2.75) is 0 Å². The summed E-state index contributed by atoms with van der Waals surface area (Å²) in [7, 11) is 1.53. The first-order valence-electron chi connectivity index (χ1n) is 7.05. The lowest BCUT2D eigenvalue weighted by Gasteiger charge is -2.11. The molecule has 0 aliphatic rings. The maximum atomic E-state index is 12.3. The van der Waals surface area contributed by atoms with Gasteiger partial charge in [0.15, 0.2) is 0 Å². The Morgan fingerprint density at radius 1 is 1.00 bits per heavy atom. The second kappa shape index (κ2) is 7.77. The summed E-state index contributed by atoms with van der Waals surface area (Å²) >= 11 is 0. The van der Waals surface area contributed by atoms with E-state index in [0.29, 0.717) is 17.0 Å². The Labute approximate surface area is 138 Å². The van der Waals surface area contributed by atoms with Crippen molar-refractivity contribution in [3.63, 3.8) is 0 Å². The van der Waals surface area contributed by atoms with Crippen LogP contribution < -0.4 is 15.4 Å². The minimum atomic E-state index is -1.15. The molecule has 3 N–H and O–H groups in total. The number of amides is 2. The Bertz CT molecular complexity index is 756. The summed E-state index contributed by atoms with van der Waals surface area (Å²) in [6.45, 7) is -0.500. The summed E-state index contributed by atoms with van der Waals surface area (Å²) in [4.78, 5) is 34.8. The molecule has 24 heavy (non-hydrogen) atoms. The van der Waals surface area contributed by atoms with E-state index in [2.05, 4.69) is 10.6 Å². The lowest BCUT2D eigenvalue weighted by molar-refractivity contribution is -0.135. The number of carbonyl (C=O) groups is 3. The van der Waals surface area contributed by atoms with Crippen LogP contribution in [-0.4, -0.2) is 36.5 Å². The van der Waals surface area contributed by atoms with Crippen molar-refractivity contribution in [3.8, 4) is 5.75 Å². The van der Waals surface area contributed by atoms with Gasteiger partial charge in [-0.15, -0.1) is 0 Å². The summed E-state index contributed by atoms with van der Waals surface area (Å²) in [5, 5.41) is 13.5. The molecular formula is C17H16N2O5. The molecule has 0 aliphatic heterocycles. The lowest BCUT2D eigenvalue weighted by Crippen LogP contribution is -2.30. The van der Waals surface area contributed by atoms with Gasteiger partial charge in [0.05, 0.1) is 18.4 Å². The van der Waals surface area contributed by atoms with Gasteiger partial charge in [0.1, 0.15) is 12.3 Å². The Kier molecular flexibility index (Phi) is 5.51. The number of anilines is 1. The van der Waals surface area contributed by atoms with Crippen LogP contribution in [0.1, 0.15) is 20.7 Å². The maximum Gasteiger partial charge on any atom is 0.322 e. The Hall–Kier alpha value is -3.35. The highest BCUT2D eigenvalue weighted by atomic mass is 16.5. The summed E-state index contributed by atoms with van der Waals surface area (Å²) < 4.78 is 5.03. The van der Waals surface area contributed by atoms with Crippen LogP contribution in [0.2, 0.25) is 0 Å². The number of rotatable bonds is 6. The fourth-order valence-corrected chi connectivity index (χ4v) is 1.98. The molecule has 7 nitrogen and oxygen atoms in total. The summed E-state index contributed by atoms with van der Waals surface area (Å²) in [5.74, 6) is -1.50. The van der Waals surface area contributed by atoms with Gasteiger partial charge in [-0.3, -0.25) is 14.4 Å². The molecule has 2 rings (SSSR count). The molecule has 0 fully saturated rings. The van der Waals surface area contributed by atoms with Crippen molar-refractivity contribution in [1.82, 2.24) is 5.32 Å². The third-order valence-corrected chi connectivity index (χ3v) is 3.17. The van der Waals surface area contributed by atoms with Gasteiger partial charge in [0.25, 0.3) is 11.8 Å². The smallest absolute Gasteiger partial charge is 0.322 e. The third kappa shape index (κ3) is 4.33. The summed E-state index contributed by atoms with van der Waals surface area (Å²) in [6.07, 6.45) is 0. The molecule has 0 atom stereocenters. The number of carbonyl (C=O) groups excluding carboxylic acids is 2. The second-order valence-electron chi connectivity index (χ2n) is 4.80. The van der Waals surface area contributed by atoms with Gasteiger partial charge in [0, 0.05) is 5.56 Å². The number of para-hydroxylation sites is 1. The lowest BCUT2D eigenvalue weighted by atomic mass is 10.1. The van der Waals surface area contributed by atoms with Gasteiger partial charge >= 0.3 is 5.97 Å². The summed E-state index contributed by atoms with van der Waals surface area (Å²) in [6, 6.07) is 12.9. The van der Waals surface area contributed by atoms with Crippen LogP contribution in [0.4, 0.5) is 5.69 Å². The summed E-state index contributed by atoms with van der Waals surface area (Å²) in [5.41, 5.74) is 0.873. The van der Waals surface area contributed by atoms with Gasteiger partial charge in [-0.05, 0) is 36.4 Å². The number of carboxylic acid groups (broad SMARTS) is 1. The molecule has 2 amide bonds. The fourth-order valence-electron chi connectivity index (χ4n) is 1.98. The van der Waals surface area contributed by atoms with Crippen molar-refractivity contribution >= 4 is 23.5 Å². The first kappa shape index (κ1) is 17.0. The largest absolute Gasteiger partial charge is 0.497 e. The minimum absolute atomic E-state index is 0.181. The van der Waals surface area contributed by atoms with E-state index in [0.717, 1.165) is 0 Å². The zero-order valence-electron chi connectivity index (χ0n) is 12.9. The molecule has 0 saturated carbocycles. The Morgan fingerprint density at radius 2 is 1.67 bits per heavy atom. The standard InChI is InChI=1S/C17H16N2O5/c1-24-12-8-6-11(7-9-12)16(22)19-14-5-3-2-4-13(14)17(23)18-10-15(20)21/h2-9H,10H2,1H3,(H,18,23)(H,19,22)(H,20,21). The van der Waals surface area contributed by atoms with Gasteiger partial charge in [-0.2, -0.15) is 0 Å². The monoisotopic (exact) mass is 328 g/mol. The molecular weight excluding hydrogens is 312 g/mol. The third-order valence-electron chi connectivity index (χ3n) is 3.17. The zero-order valence-corrected chi connectivity index (χ0v) is 12.9. The fraction of sp³-hybridized carbons (Fsp3) is 0.118. The number of nitrogens with one attached hydrogen (secondary N) is 2. The molecule has 0 heterocycles. The molecule has 2 aromatic rings. The molecule has 0 aliphatic carbocycles. The minimum Gasteiger partial charge on any atom is -0.497 e. The topological polar surface area (TPSA) is 105 Å². The molecule has 7 heteroatoms. The molecule has 0 spiro atoms. The van der Waals surface area contributed by atoms with Gasteiger partial charge in [-0.25, -0.2) is 0 Å². The van der Waals surface area contributed by atoms with Crippen molar-refractivity contribution in [3.05, 3.63) is 59.7 Å². The number of hydrogen-bond donors (Lipinski definition) is 3. The first-order valence-corrected chi connectivity index (χ1v) is 7.05. The Balaban J connectivity index is 2.15. The van der Waals surface area contributed by atoms with Crippen molar-refractivity contribution in [1.29, 1.82) is 0 Å². The van der Waals surface area contributed by atoms with E-state index in [1.807, 2.05) is 0 Å². The average molecular weight is 328 g/mol. The molecule has 0 unspecified atom stereocenters. The Morgan fingerprint density at radius 3 is 2.29 bits per heavy atom. The highest BCUT2D eigenvalue weighted by molar-refractivity contribution is 6.09. The van der Waals surface area contributed by atoms with Gasteiger partial charge in [0.2, 0.25) is 0 Å². The van der Waals surface area contributed by atoms with Crippen LogP contribution >= 0.6 is 0 Å². The maximum absolute atomic E-state index is 12.3. The molecule has 0 radical (unpaired) electrons. The molecule has 0 saturated heterocycles. The van der Waals surface area contributed by atoms with Crippen LogP contribution in [0.3, 0.4) is 0 Å². The normalized spacial score (nSPS) is 9.88. The number of ether oxygens (including phenoxy) is 1. The van der Waals surface area contributed by atoms with Crippen LogP contribution in [0.5, 0.6) is 5.75 Å². The molecule has 0 bridgehead atoms. The number of carboxylic acids is 1. The predicted octanol–water partition coefficient (Wildman–Crippen LogP) is 1.76. The quantitative estimate of drug-likeness (QED) is 0.749. The number of methoxy groups -OCH3 is 1. The SMILES string of the molecule is COc1ccc(C(=O)Nc2ccccc2C(=O)NCC(=O)O)cc1. The molecule has 124 valence electrons. The van der Waals surface area contributed by atoms with E-state index in [4.69, 9.17) is 9.84 Å². The van der Waals surface area contributed by atoms with Crippen molar-refractivity contribution in [2.24, 2.45) is 0 Å². The van der Waals surface area contributed by atoms with Crippen LogP contribution in [0.15, 0.2) is 48.5 Å². The second-order valence-corrected chi connectivity index (χ2v) is 4.80. The van der Waals surface area contributed by atoms with E-state index in [1.54, 1.807) is 42.5 Å². The van der Waals surface area contributed by atoms with Gasteiger partial charge in [-0.1, -0.05) is 12.1 Å². The predicted molar refractivity (Wildman–Crippen MR) is 87.4 cm³/mol. The van der Waals surface area contributed by atoms with E-state index in [1.165, 1.54) is 13.2 Å². The van der Waals surface area contributed by atoms with Crippen LogP contribution in [-0.2, 0) is 4.79 Å². The number of benzene rings is 2. The van der Waals surface area contributed by atoms with E-state index in [-0.39, 0.29) is 5.56 Å².